The van der Waals surface area contributed by atoms with Crippen LogP contribution in [0.2, 0.25) is 4.34 Å². The number of aromatic nitrogens is 1. The molecule has 0 bridgehead atoms. The maximum absolute atomic E-state index is 14.2. The fraction of sp³-hybridized carbons (Fsp3) is 0.273. The van der Waals surface area contributed by atoms with Crippen molar-refractivity contribution in [1.29, 1.82) is 0 Å². The van der Waals surface area contributed by atoms with Crippen molar-refractivity contribution < 1.29 is 39.9 Å². The summed E-state index contributed by atoms with van der Waals surface area (Å²) in [5.74, 6) is -4.71. The van der Waals surface area contributed by atoms with E-state index in [0.29, 0.717) is 32.5 Å². The van der Waals surface area contributed by atoms with E-state index in [1.807, 2.05) is 0 Å². The van der Waals surface area contributed by atoms with E-state index < -0.39 is 53.0 Å². The van der Waals surface area contributed by atoms with Crippen molar-refractivity contribution in [3.63, 3.8) is 0 Å². The zero-order valence-electron chi connectivity index (χ0n) is 18.5. The van der Waals surface area contributed by atoms with Gasteiger partial charge in [0, 0.05) is 24.7 Å². The first-order valence-electron chi connectivity index (χ1n) is 10.5. The Morgan fingerprint density at radius 3 is 2.51 bits per heavy atom. The van der Waals surface area contributed by atoms with Gasteiger partial charge in [0.2, 0.25) is 5.91 Å². The summed E-state index contributed by atoms with van der Waals surface area (Å²) >= 11 is 6.48. The lowest BCUT2D eigenvalue weighted by molar-refractivity contribution is -0.274. The predicted octanol–water partition coefficient (Wildman–Crippen LogP) is 5.08. The van der Waals surface area contributed by atoms with Crippen molar-refractivity contribution in [1.82, 2.24) is 14.6 Å². The number of ether oxygens (including phenoxy) is 1. The van der Waals surface area contributed by atoms with Crippen molar-refractivity contribution in [3.05, 3.63) is 64.6 Å². The SMILES string of the molecule is O=C(NCc1ccnc(-c2ccc(OC(F)(F)F)cc2)c1)C1CC(F)(F)CN1S(=O)(=O)c1ccc(Cl)s1. The quantitative estimate of drug-likeness (QED) is 0.393. The van der Waals surface area contributed by atoms with Crippen LogP contribution in [0.1, 0.15) is 12.0 Å². The third-order valence-electron chi connectivity index (χ3n) is 5.32. The molecule has 1 unspecified atom stereocenters. The molecule has 0 aliphatic carbocycles. The molecule has 1 aliphatic rings. The van der Waals surface area contributed by atoms with Gasteiger partial charge in [-0.15, -0.1) is 24.5 Å². The van der Waals surface area contributed by atoms with Crippen LogP contribution in [0, 0.1) is 0 Å². The Bertz CT molecular complexity index is 1400. The molecule has 15 heteroatoms. The third-order valence-corrected chi connectivity index (χ3v) is 8.87. The van der Waals surface area contributed by atoms with Crippen LogP contribution in [-0.2, 0) is 21.4 Å². The van der Waals surface area contributed by atoms with Crippen LogP contribution in [0.15, 0.2) is 58.9 Å². The molecule has 1 aromatic carbocycles. The van der Waals surface area contributed by atoms with Crippen LogP contribution in [0.3, 0.4) is 0 Å². The first-order chi connectivity index (χ1) is 17.2. The van der Waals surface area contributed by atoms with E-state index in [0.717, 1.165) is 12.1 Å². The van der Waals surface area contributed by atoms with E-state index in [-0.39, 0.29) is 15.1 Å². The summed E-state index contributed by atoms with van der Waals surface area (Å²) < 4.78 is 95.5. The number of sulfonamides is 1. The Kier molecular flexibility index (Phi) is 7.48. The summed E-state index contributed by atoms with van der Waals surface area (Å²) in [5, 5.41) is 2.48. The van der Waals surface area contributed by atoms with Crippen molar-refractivity contribution in [2.45, 2.75) is 35.5 Å². The monoisotopic (exact) mass is 581 g/mol. The maximum atomic E-state index is 14.2. The van der Waals surface area contributed by atoms with E-state index in [4.69, 9.17) is 11.6 Å². The minimum absolute atomic E-state index is 0.135. The number of nitrogens with zero attached hydrogens (tertiary/aromatic N) is 2. The molecule has 0 saturated carbocycles. The van der Waals surface area contributed by atoms with Crippen molar-refractivity contribution >= 4 is 38.9 Å². The minimum Gasteiger partial charge on any atom is -0.406 e. The van der Waals surface area contributed by atoms with Crippen molar-refractivity contribution in [3.8, 4) is 17.0 Å². The van der Waals surface area contributed by atoms with Crippen LogP contribution in [0.4, 0.5) is 22.0 Å². The summed E-state index contributed by atoms with van der Waals surface area (Å²) in [6, 6.07) is 8.93. The average Bonchev–Trinajstić information content (AvgIpc) is 3.40. The number of nitrogens with one attached hydrogen (secondary N) is 1. The number of alkyl halides is 5. The molecule has 3 heterocycles. The largest absolute Gasteiger partial charge is 0.573 e. The molecule has 198 valence electrons. The molecule has 1 aliphatic heterocycles. The van der Waals surface area contributed by atoms with Crippen LogP contribution < -0.4 is 10.1 Å². The normalized spacial score (nSPS) is 18.1. The molecule has 1 saturated heterocycles. The van der Waals surface area contributed by atoms with Crippen LogP contribution in [0.5, 0.6) is 5.75 Å². The van der Waals surface area contributed by atoms with Crippen LogP contribution in [-0.4, -0.2) is 48.5 Å². The number of pyridine rings is 1. The van der Waals surface area contributed by atoms with Gasteiger partial charge in [0.1, 0.15) is 16.0 Å². The molecule has 2 aromatic heterocycles. The molecule has 1 atom stereocenters. The van der Waals surface area contributed by atoms with Gasteiger partial charge in [0.25, 0.3) is 15.9 Å². The molecule has 37 heavy (non-hydrogen) atoms. The fourth-order valence-electron chi connectivity index (χ4n) is 3.69. The lowest BCUT2D eigenvalue weighted by atomic mass is 10.1. The summed E-state index contributed by atoms with van der Waals surface area (Å²) in [7, 11) is -4.39. The summed E-state index contributed by atoms with van der Waals surface area (Å²) in [4.78, 5) is 17.0. The number of carbonyl (C=O) groups excluding carboxylic acids is 1. The number of benzene rings is 1. The summed E-state index contributed by atoms with van der Waals surface area (Å²) in [5.41, 5.74) is 1.33. The molecule has 1 amide bonds. The van der Waals surface area contributed by atoms with Gasteiger partial charge in [0.15, 0.2) is 0 Å². The molecule has 4 rings (SSSR count). The fourth-order valence-corrected chi connectivity index (χ4v) is 6.92. The number of halogens is 6. The lowest BCUT2D eigenvalue weighted by Crippen LogP contribution is -2.45. The van der Waals surface area contributed by atoms with Crippen LogP contribution in [0.25, 0.3) is 11.3 Å². The number of amides is 1. The van der Waals surface area contributed by atoms with E-state index in [9.17, 15) is 35.2 Å². The van der Waals surface area contributed by atoms with Gasteiger partial charge in [-0.2, -0.15) is 4.31 Å². The smallest absolute Gasteiger partial charge is 0.406 e. The van der Waals surface area contributed by atoms with Gasteiger partial charge < -0.3 is 10.1 Å². The molecule has 0 spiro atoms. The maximum Gasteiger partial charge on any atom is 0.573 e. The highest BCUT2D eigenvalue weighted by atomic mass is 35.5. The standard InChI is InChI=1S/C22H17ClF5N3O4S2/c23-18-5-6-19(36-18)37(33,34)31-12-21(24,25)10-17(31)20(32)30-11-13-7-8-29-16(9-13)14-1-3-15(4-2-14)35-22(26,27)28/h1-9,17H,10-12H2,(H,30,32). The van der Waals surface area contributed by atoms with Gasteiger partial charge in [-0.1, -0.05) is 11.6 Å². The number of rotatable bonds is 7. The zero-order chi connectivity index (χ0) is 27.0. The first-order valence-corrected chi connectivity index (χ1v) is 13.1. The van der Waals surface area contributed by atoms with Gasteiger partial charge >= 0.3 is 6.36 Å². The van der Waals surface area contributed by atoms with Crippen molar-refractivity contribution in [2.75, 3.05) is 6.54 Å². The first kappa shape index (κ1) is 27.2. The second-order valence-electron chi connectivity index (χ2n) is 8.02. The van der Waals surface area contributed by atoms with Gasteiger partial charge in [-0.3, -0.25) is 9.78 Å². The predicted molar refractivity (Wildman–Crippen MR) is 125 cm³/mol. The van der Waals surface area contributed by atoms with Crippen LogP contribution >= 0.6 is 22.9 Å². The number of carbonyl (C=O) groups is 1. The van der Waals surface area contributed by atoms with Gasteiger partial charge in [-0.05, 0) is 54.1 Å². The average molecular weight is 582 g/mol. The lowest BCUT2D eigenvalue weighted by Gasteiger charge is -2.22. The Balaban J connectivity index is 1.46. The highest BCUT2D eigenvalue weighted by molar-refractivity contribution is 7.91. The van der Waals surface area contributed by atoms with Crippen molar-refractivity contribution in [2.24, 2.45) is 0 Å². The highest BCUT2D eigenvalue weighted by Gasteiger charge is 2.53. The number of hydrogen-bond acceptors (Lipinski definition) is 6. The second kappa shape index (κ2) is 10.2. The molecule has 3 aromatic rings. The summed E-state index contributed by atoms with van der Waals surface area (Å²) in [6.45, 7) is -1.28. The number of hydrogen-bond donors (Lipinski definition) is 1. The molecular weight excluding hydrogens is 565 g/mol. The second-order valence-corrected chi connectivity index (χ2v) is 11.9. The van der Waals surface area contributed by atoms with E-state index in [1.165, 1.54) is 36.5 Å². The molecule has 0 radical (unpaired) electrons. The zero-order valence-corrected chi connectivity index (χ0v) is 20.9. The molecule has 1 fully saturated rings. The highest BCUT2D eigenvalue weighted by Crippen LogP contribution is 2.38. The van der Waals surface area contributed by atoms with E-state index in [1.54, 1.807) is 6.07 Å². The van der Waals surface area contributed by atoms with Gasteiger partial charge in [0.05, 0.1) is 16.6 Å². The Labute approximate surface area is 216 Å². The van der Waals surface area contributed by atoms with Gasteiger partial charge in [-0.25, -0.2) is 17.2 Å². The Hall–Kier alpha value is -2.81. The third kappa shape index (κ3) is 6.55. The number of thiophene rings is 1. The molecule has 1 N–H and O–H groups in total. The Morgan fingerprint density at radius 1 is 1.19 bits per heavy atom. The van der Waals surface area contributed by atoms with E-state index in [2.05, 4.69) is 15.0 Å². The molecule has 7 nitrogen and oxygen atoms in total. The molecular formula is C22H17ClF5N3O4S2. The topological polar surface area (TPSA) is 88.6 Å². The minimum atomic E-state index is -4.83. The summed E-state index contributed by atoms with van der Waals surface area (Å²) in [6.07, 6.45) is -4.41. The van der Waals surface area contributed by atoms with E-state index >= 15 is 0 Å². The Morgan fingerprint density at radius 2 is 1.89 bits per heavy atom.